The minimum Gasteiger partial charge on any atom is -0.366 e. The van der Waals surface area contributed by atoms with E-state index in [0.29, 0.717) is 11.6 Å². The molecule has 1 fully saturated rings. The van der Waals surface area contributed by atoms with Gasteiger partial charge in [-0.05, 0) is 92.2 Å². The molecule has 0 saturated carbocycles. The van der Waals surface area contributed by atoms with Crippen molar-refractivity contribution in [3.05, 3.63) is 64.7 Å². The molecule has 0 aromatic heterocycles. The van der Waals surface area contributed by atoms with Crippen molar-refractivity contribution in [2.45, 2.75) is 65.3 Å². The lowest BCUT2D eigenvalue weighted by Crippen LogP contribution is -2.54. The van der Waals surface area contributed by atoms with Crippen LogP contribution in [0.15, 0.2) is 48.0 Å². The highest BCUT2D eigenvalue weighted by atomic mass is 32.1. The number of carbonyl (C=O) groups is 2. The van der Waals surface area contributed by atoms with Crippen LogP contribution in [-0.2, 0) is 16.0 Å². The fourth-order valence-corrected chi connectivity index (χ4v) is 5.59. The number of para-hydroxylation sites is 1. The van der Waals surface area contributed by atoms with Crippen molar-refractivity contribution in [2.75, 3.05) is 16.3 Å². The van der Waals surface area contributed by atoms with Crippen molar-refractivity contribution in [3.63, 3.8) is 0 Å². The van der Waals surface area contributed by atoms with Crippen molar-refractivity contribution >= 4 is 46.6 Å². The molecule has 2 amide bonds. The molecule has 34 heavy (non-hydrogen) atoms. The van der Waals surface area contributed by atoms with Crippen LogP contribution in [0.5, 0.6) is 0 Å². The number of fused-ring (bicyclic) bond motifs is 1. The Morgan fingerprint density at radius 3 is 2.56 bits per heavy atom. The maximum Gasteiger partial charge on any atom is 0.270 e. The van der Waals surface area contributed by atoms with Crippen LogP contribution in [0, 0.1) is 0 Å². The zero-order valence-electron chi connectivity index (χ0n) is 20.6. The van der Waals surface area contributed by atoms with Crippen molar-refractivity contribution < 1.29 is 9.59 Å². The Kier molecular flexibility index (Phi) is 6.63. The molecule has 5 nitrogen and oxygen atoms in total. The molecule has 0 radical (unpaired) electrons. The quantitative estimate of drug-likeness (QED) is 0.348. The Morgan fingerprint density at radius 2 is 1.85 bits per heavy atom. The maximum absolute atomic E-state index is 13.5. The third-order valence-electron chi connectivity index (χ3n) is 6.88. The third kappa shape index (κ3) is 4.27. The van der Waals surface area contributed by atoms with Crippen LogP contribution in [0.4, 0.5) is 11.4 Å². The van der Waals surface area contributed by atoms with Gasteiger partial charge in [0, 0.05) is 17.8 Å². The summed E-state index contributed by atoms with van der Waals surface area (Å²) in [5, 5.41) is 2.82. The number of hydrogen-bond acceptors (Lipinski definition) is 4. The second-order valence-corrected chi connectivity index (χ2v) is 10.2. The van der Waals surface area contributed by atoms with Gasteiger partial charge >= 0.3 is 0 Å². The monoisotopic (exact) mass is 475 g/mol. The summed E-state index contributed by atoms with van der Waals surface area (Å²) in [6.45, 7) is 12.1. The van der Waals surface area contributed by atoms with E-state index in [1.807, 2.05) is 37.3 Å². The number of hydrogen-bond donors (Lipinski definition) is 1. The van der Waals surface area contributed by atoms with Gasteiger partial charge in [0.1, 0.15) is 5.57 Å². The Bertz CT molecular complexity index is 1180. The summed E-state index contributed by atoms with van der Waals surface area (Å²) in [6.07, 6.45) is 4.57. The standard InChI is InChI=1S/C28H33N3O2S/c1-6-14-30-24-13-12-19(15-21(24)18(3)17-28(30,4)5)16-22-25(32)29-27(34)31(26(22)33)23-11-9-8-10-20(23)7-2/h8-13,15-16,18H,6-7,14,17H2,1-5H3,(H,29,32,34)/b22-16-. The SMILES string of the molecule is CCCN1c2ccc(/C=C3/C(=O)NC(=S)N(c4ccccc4CC)C3=O)cc2C(C)CC1(C)C. The largest absolute Gasteiger partial charge is 0.366 e. The fourth-order valence-electron chi connectivity index (χ4n) is 5.32. The van der Waals surface area contributed by atoms with E-state index in [0.717, 1.165) is 36.9 Å². The third-order valence-corrected chi connectivity index (χ3v) is 7.17. The van der Waals surface area contributed by atoms with E-state index in [2.05, 4.69) is 50.0 Å². The molecule has 1 N–H and O–H groups in total. The van der Waals surface area contributed by atoms with Crippen LogP contribution in [-0.4, -0.2) is 29.0 Å². The lowest BCUT2D eigenvalue weighted by Gasteiger charge is -2.47. The molecule has 1 saturated heterocycles. The average molecular weight is 476 g/mol. The summed E-state index contributed by atoms with van der Waals surface area (Å²) in [4.78, 5) is 30.2. The van der Waals surface area contributed by atoms with Gasteiger partial charge in [-0.15, -0.1) is 0 Å². The van der Waals surface area contributed by atoms with Crippen molar-refractivity contribution in [3.8, 4) is 0 Å². The lowest BCUT2D eigenvalue weighted by molar-refractivity contribution is -0.122. The van der Waals surface area contributed by atoms with Gasteiger partial charge in [-0.25, -0.2) is 0 Å². The summed E-state index contributed by atoms with van der Waals surface area (Å²) in [5.74, 6) is -0.471. The first-order valence-corrected chi connectivity index (χ1v) is 12.5. The van der Waals surface area contributed by atoms with Crippen LogP contribution in [0.2, 0.25) is 0 Å². The number of thiocarbonyl (C=S) groups is 1. The molecular formula is C28H33N3O2S. The fraction of sp³-hybridized carbons (Fsp3) is 0.393. The van der Waals surface area contributed by atoms with Crippen LogP contribution in [0.25, 0.3) is 6.08 Å². The van der Waals surface area contributed by atoms with Gasteiger partial charge in [0.25, 0.3) is 11.8 Å². The van der Waals surface area contributed by atoms with Crippen LogP contribution in [0.3, 0.4) is 0 Å². The maximum atomic E-state index is 13.5. The molecule has 2 aliphatic rings. The van der Waals surface area contributed by atoms with Gasteiger partial charge < -0.3 is 4.90 Å². The zero-order chi connectivity index (χ0) is 24.6. The molecule has 2 aromatic carbocycles. The molecule has 2 aliphatic heterocycles. The molecule has 178 valence electrons. The number of amides is 2. The summed E-state index contributed by atoms with van der Waals surface area (Å²) in [7, 11) is 0. The van der Waals surface area contributed by atoms with E-state index in [9.17, 15) is 9.59 Å². The van der Waals surface area contributed by atoms with Crippen molar-refractivity contribution in [2.24, 2.45) is 0 Å². The molecule has 2 heterocycles. The Morgan fingerprint density at radius 1 is 1.12 bits per heavy atom. The number of nitrogens with zero attached hydrogens (tertiary/aromatic N) is 2. The molecular weight excluding hydrogens is 442 g/mol. The zero-order valence-corrected chi connectivity index (χ0v) is 21.5. The van der Waals surface area contributed by atoms with Crippen molar-refractivity contribution in [1.82, 2.24) is 5.32 Å². The van der Waals surface area contributed by atoms with E-state index in [-0.39, 0.29) is 16.2 Å². The van der Waals surface area contributed by atoms with Crippen LogP contribution in [0.1, 0.15) is 70.1 Å². The number of benzene rings is 2. The highest BCUT2D eigenvalue weighted by Gasteiger charge is 2.37. The summed E-state index contributed by atoms with van der Waals surface area (Å²) < 4.78 is 0. The molecule has 2 aromatic rings. The highest BCUT2D eigenvalue weighted by Crippen LogP contribution is 2.44. The number of carbonyl (C=O) groups excluding carboxylic acids is 2. The predicted octanol–water partition coefficient (Wildman–Crippen LogP) is 5.58. The van der Waals surface area contributed by atoms with Gasteiger partial charge in [0.15, 0.2) is 5.11 Å². The Labute approximate surface area is 207 Å². The second-order valence-electron chi connectivity index (χ2n) is 9.83. The van der Waals surface area contributed by atoms with Crippen molar-refractivity contribution in [1.29, 1.82) is 0 Å². The van der Waals surface area contributed by atoms with Gasteiger partial charge in [-0.3, -0.25) is 19.8 Å². The minimum atomic E-state index is -0.459. The number of nitrogens with one attached hydrogen (secondary N) is 1. The summed E-state index contributed by atoms with van der Waals surface area (Å²) in [6, 6.07) is 13.9. The molecule has 0 spiro atoms. The summed E-state index contributed by atoms with van der Waals surface area (Å²) >= 11 is 5.38. The smallest absolute Gasteiger partial charge is 0.270 e. The average Bonchev–Trinajstić information content (AvgIpc) is 2.79. The van der Waals surface area contributed by atoms with E-state index < -0.39 is 11.8 Å². The molecule has 0 aliphatic carbocycles. The lowest BCUT2D eigenvalue weighted by atomic mass is 9.79. The first kappa shape index (κ1) is 24.1. The number of anilines is 2. The van der Waals surface area contributed by atoms with Gasteiger partial charge in [0.05, 0.1) is 5.69 Å². The molecule has 0 bridgehead atoms. The van der Waals surface area contributed by atoms with Crippen LogP contribution >= 0.6 is 12.2 Å². The van der Waals surface area contributed by atoms with Gasteiger partial charge in [0.2, 0.25) is 0 Å². The normalized spacial score (nSPS) is 21.0. The predicted molar refractivity (Wildman–Crippen MR) is 143 cm³/mol. The number of rotatable bonds is 5. The highest BCUT2D eigenvalue weighted by molar-refractivity contribution is 7.80. The van der Waals surface area contributed by atoms with E-state index in [1.54, 1.807) is 6.08 Å². The number of aryl methyl sites for hydroxylation is 1. The molecule has 1 atom stereocenters. The Hall–Kier alpha value is -2.99. The minimum absolute atomic E-state index is 0.0878. The second kappa shape index (κ2) is 9.34. The molecule has 1 unspecified atom stereocenters. The topological polar surface area (TPSA) is 52.7 Å². The molecule has 6 heteroatoms. The van der Waals surface area contributed by atoms with Gasteiger partial charge in [-0.1, -0.05) is 45.0 Å². The van der Waals surface area contributed by atoms with E-state index >= 15 is 0 Å². The molecule has 4 rings (SSSR count). The van der Waals surface area contributed by atoms with E-state index in [4.69, 9.17) is 12.2 Å². The van der Waals surface area contributed by atoms with Crippen LogP contribution < -0.4 is 15.1 Å². The van der Waals surface area contributed by atoms with E-state index in [1.165, 1.54) is 16.2 Å². The summed E-state index contributed by atoms with van der Waals surface area (Å²) in [5.41, 5.74) is 5.23. The first-order chi connectivity index (χ1) is 16.2. The first-order valence-electron chi connectivity index (χ1n) is 12.1. The Balaban J connectivity index is 1.74. The van der Waals surface area contributed by atoms with Gasteiger partial charge in [-0.2, -0.15) is 0 Å².